The molecule has 2 amide bonds. The average molecular weight is 399 g/mol. The molecule has 28 heavy (non-hydrogen) atoms. The molecule has 8 heteroatoms. The van der Waals surface area contributed by atoms with Crippen LogP contribution in [0.5, 0.6) is 5.75 Å². The van der Waals surface area contributed by atoms with E-state index in [1.54, 1.807) is 24.3 Å². The Morgan fingerprint density at radius 2 is 1.82 bits per heavy atom. The van der Waals surface area contributed by atoms with Gasteiger partial charge in [-0.2, -0.15) is 0 Å². The van der Waals surface area contributed by atoms with Gasteiger partial charge in [-0.25, -0.2) is 4.98 Å². The van der Waals surface area contributed by atoms with Crippen LogP contribution >= 0.6 is 11.3 Å². The molecule has 3 rings (SSSR count). The maximum absolute atomic E-state index is 12.1. The van der Waals surface area contributed by atoms with Crippen molar-refractivity contribution in [3.05, 3.63) is 59.1 Å². The maximum Gasteiger partial charge on any atom is 0.269 e. The molecule has 1 aromatic heterocycles. The predicted molar refractivity (Wildman–Crippen MR) is 107 cm³/mol. The van der Waals surface area contributed by atoms with E-state index in [9.17, 15) is 9.59 Å². The number of hydrogen-bond acceptors (Lipinski definition) is 6. The van der Waals surface area contributed by atoms with Crippen LogP contribution in [0.2, 0.25) is 0 Å². The van der Waals surface area contributed by atoms with Crippen molar-refractivity contribution in [3.8, 4) is 5.75 Å². The number of para-hydroxylation sites is 1. The van der Waals surface area contributed by atoms with Gasteiger partial charge in [0.15, 0.2) is 0 Å². The first-order chi connectivity index (χ1) is 13.5. The molecule has 0 saturated heterocycles. The van der Waals surface area contributed by atoms with Crippen LogP contribution in [-0.4, -0.2) is 29.5 Å². The Bertz CT molecular complexity index is 920. The number of ether oxygens (including phenoxy) is 2. The van der Waals surface area contributed by atoms with Crippen molar-refractivity contribution in [1.82, 2.24) is 15.8 Å². The number of rotatable bonds is 7. The molecule has 1 heterocycles. The minimum atomic E-state index is -0.450. The van der Waals surface area contributed by atoms with Crippen molar-refractivity contribution >= 4 is 33.4 Å². The average Bonchev–Trinajstić information content (AvgIpc) is 3.09. The lowest BCUT2D eigenvalue weighted by Crippen LogP contribution is -2.43. The molecule has 0 spiro atoms. The van der Waals surface area contributed by atoms with Crippen molar-refractivity contribution in [3.63, 3.8) is 0 Å². The highest BCUT2D eigenvalue weighted by molar-refractivity contribution is 7.18. The Labute approximate surface area is 166 Å². The second-order valence-electron chi connectivity index (χ2n) is 6.26. The summed E-state index contributed by atoms with van der Waals surface area (Å²) >= 11 is 1.52. The zero-order chi connectivity index (χ0) is 19.9. The topological polar surface area (TPSA) is 89.6 Å². The first kappa shape index (κ1) is 19.8. The van der Waals surface area contributed by atoms with Crippen LogP contribution in [0, 0.1) is 0 Å². The molecule has 0 unspecified atom stereocenters. The molecule has 0 bridgehead atoms. The Morgan fingerprint density at radius 1 is 1.07 bits per heavy atom. The normalized spacial score (nSPS) is 10.8. The van der Waals surface area contributed by atoms with Crippen LogP contribution in [0.3, 0.4) is 0 Å². The molecule has 0 aliphatic rings. The second kappa shape index (κ2) is 9.29. The number of carbonyl (C=O) groups is 2. The summed E-state index contributed by atoms with van der Waals surface area (Å²) in [7, 11) is 0. The van der Waals surface area contributed by atoms with Gasteiger partial charge in [-0.05, 0) is 50.2 Å². The van der Waals surface area contributed by atoms with E-state index in [1.165, 1.54) is 11.3 Å². The number of fused-ring (bicyclic) bond motifs is 1. The number of benzene rings is 2. The van der Waals surface area contributed by atoms with E-state index in [-0.39, 0.29) is 19.3 Å². The molecule has 146 valence electrons. The summed E-state index contributed by atoms with van der Waals surface area (Å²) in [5, 5.41) is 0.793. The van der Waals surface area contributed by atoms with Gasteiger partial charge >= 0.3 is 0 Å². The van der Waals surface area contributed by atoms with Crippen molar-refractivity contribution in [2.24, 2.45) is 0 Å². The molecule has 0 aliphatic heterocycles. The molecule has 2 aromatic carbocycles. The highest BCUT2D eigenvalue weighted by atomic mass is 32.1. The Balaban J connectivity index is 1.40. The third-order valence-electron chi connectivity index (χ3n) is 3.60. The number of nitrogens with zero attached hydrogens (tertiary/aromatic N) is 1. The molecule has 0 atom stereocenters. The number of hydrazine groups is 1. The molecular formula is C20H21N3O4S. The quantitative estimate of drug-likeness (QED) is 0.596. The Hall–Kier alpha value is -2.97. The fourth-order valence-electron chi connectivity index (χ4n) is 2.40. The van der Waals surface area contributed by atoms with Crippen molar-refractivity contribution in [1.29, 1.82) is 0 Å². The number of carbonyl (C=O) groups excluding carboxylic acids is 2. The molecule has 0 aliphatic carbocycles. The van der Waals surface area contributed by atoms with Gasteiger partial charge in [-0.3, -0.25) is 20.4 Å². The van der Waals surface area contributed by atoms with Crippen LogP contribution in [0.25, 0.3) is 10.2 Å². The van der Waals surface area contributed by atoms with Crippen LogP contribution in [0.15, 0.2) is 48.5 Å². The fourth-order valence-corrected chi connectivity index (χ4v) is 3.31. The summed E-state index contributed by atoms with van der Waals surface area (Å²) in [6, 6.07) is 14.5. The second-order valence-corrected chi connectivity index (χ2v) is 7.38. The Kier molecular flexibility index (Phi) is 6.57. The number of thiazole rings is 1. The van der Waals surface area contributed by atoms with Gasteiger partial charge in [-0.1, -0.05) is 12.1 Å². The minimum absolute atomic E-state index is 0.0572. The van der Waals surface area contributed by atoms with Crippen molar-refractivity contribution < 1.29 is 19.1 Å². The van der Waals surface area contributed by atoms with E-state index in [2.05, 4.69) is 15.8 Å². The lowest BCUT2D eigenvalue weighted by Gasteiger charge is -2.10. The maximum atomic E-state index is 12.1. The van der Waals surface area contributed by atoms with Gasteiger partial charge in [0, 0.05) is 5.56 Å². The lowest BCUT2D eigenvalue weighted by atomic mass is 10.2. The summed E-state index contributed by atoms with van der Waals surface area (Å²) in [5.41, 5.74) is 6.00. The number of aromatic nitrogens is 1. The standard InChI is InChI=1S/C20H21N3O4S/c1-13(2)27-15-9-7-14(8-10-15)20(25)23-22-18(24)11-26-12-19-21-16-5-3-4-6-17(16)28-19/h3-10,13H,11-12H2,1-2H3,(H,22,24)(H,23,25). The summed E-state index contributed by atoms with van der Waals surface area (Å²) in [4.78, 5) is 28.3. The summed E-state index contributed by atoms with van der Waals surface area (Å²) in [6.45, 7) is 3.90. The zero-order valence-electron chi connectivity index (χ0n) is 15.6. The zero-order valence-corrected chi connectivity index (χ0v) is 16.4. The molecular weight excluding hydrogens is 378 g/mol. The van der Waals surface area contributed by atoms with Crippen molar-refractivity contribution in [2.45, 2.75) is 26.6 Å². The highest BCUT2D eigenvalue weighted by Gasteiger charge is 2.09. The molecule has 0 saturated carbocycles. The molecule has 7 nitrogen and oxygen atoms in total. The van der Waals surface area contributed by atoms with Gasteiger partial charge in [-0.15, -0.1) is 11.3 Å². The fraction of sp³-hybridized carbons (Fsp3) is 0.250. The lowest BCUT2D eigenvalue weighted by molar-refractivity contribution is -0.126. The molecule has 2 N–H and O–H groups in total. The SMILES string of the molecule is CC(C)Oc1ccc(C(=O)NNC(=O)COCc2nc3ccccc3s2)cc1. The largest absolute Gasteiger partial charge is 0.491 e. The van der Waals surface area contributed by atoms with Crippen molar-refractivity contribution in [2.75, 3.05) is 6.61 Å². The molecule has 3 aromatic rings. The molecule has 0 fully saturated rings. The highest BCUT2D eigenvalue weighted by Crippen LogP contribution is 2.21. The summed E-state index contributed by atoms with van der Waals surface area (Å²) in [5.74, 6) is -0.191. The summed E-state index contributed by atoms with van der Waals surface area (Å²) < 4.78 is 12.0. The third kappa shape index (κ3) is 5.51. The first-order valence-corrected chi connectivity index (χ1v) is 9.61. The van der Waals surface area contributed by atoms with E-state index in [0.717, 1.165) is 15.2 Å². The van der Waals surface area contributed by atoms with E-state index in [1.807, 2.05) is 38.1 Å². The van der Waals surface area contributed by atoms with E-state index < -0.39 is 11.8 Å². The monoisotopic (exact) mass is 399 g/mol. The smallest absolute Gasteiger partial charge is 0.269 e. The first-order valence-electron chi connectivity index (χ1n) is 8.79. The van der Waals surface area contributed by atoms with Gasteiger partial charge in [0.2, 0.25) is 0 Å². The van der Waals surface area contributed by atoms with Gasteiger partial charge in [0.25, 0.3) is 11.8 Å². The third-order valence-corrected chi connectivity index (χ3v) is 4.61. The summed E-state index contributed by atoms with van der Waals surface area (Å²) in [6.07, 6.45) is 0.0572. The van der Waals surface area contributed by atoms with E-state index in [0.29, 0.717) is 11.3 Å². The Morgan fingerprint density at radius 3 is 2.54 bits per heavy atom. The number of nitrogens with one attached hydrogen (secondary N) is 2. The number of hydrogen-bond donors (Lipinski definition) is 2. The van der Waals surface area contributed by atoms with Crippen LogP contribution in [-0.2, 0) is 16.1 Å². The van der Waals surface area contributed by atoms with Crippen LogP contribution in [0.4, 0.5) is 0 Å². The van der Waals surface area contributed by atoms with Gasteiger partial charge in [0.1, 0.15) is 17.4 Å². The predicted octanol–water partition coefficient (Wildman–Crippen LogP) is 3.06. The van der Waals surface area contributed by atoms with E-state index in [4.69, 9.17) is 9.47 Å². The van der Waals surface area contributed by atoms with Gasteiger partial charge in [0.05, 0.1) is 22.9 Å². The van der Waals surface area contributed by atoms with Gasteiger partial charge < -0.3 is 9.47 Å². The van der Waals surface area contributed by atoms with Crippen LogP contribution < -0.4 is 15.6 Å². The van der Waals surface area contributed by atoms with E-state index >= 15 is 0 Å². The number of amides is 2. The van der Waals surface area contributed by atoms with Crippen LogP contribution in [0.1, 0.15) is 29.2 Å². The molecule has 0 radical (unpaired) electrons. The minimum Gasteiger partial charge on any atom is -0.491 e.